The van der Waals surface area contributed by atoms with Gasteiger partial charge in [-0.3, -0.25) is 0 Å². The molecule has 1 atom stereocenters. The van der Waals surface area contributed by atoms with Crippen LogP contribution in [0.2, 0.25) is 0 Å². The second-order valence-electron chi connectivity index (χ2n) is 5.44. The van der Waals surface area contributed by atoms with Gasteiger partial charge in [-0.25, -0.2) is 0 Å². The van der Waals surface area contributed by atoms with E-state index in [1.165, 1.54) is 31.5 Å². The molecule has 1 saturated heterocycles. The van der Waals surface area contributed by atoms with E-state index in [1.54, 1.807) is 0 Å². The minimum Gasteiger partial charge on any atom is -0.309 e. The summed E-state index contributed by atoms with van der Waals surface area (Å²) in [5.74, 6) is 0. The van der Waals surface area contributed by atoms with Gasteiger partial charge in [0.1, 0.15) is 11.0 Å². The summed E-state index contributed by atoms with van der Waals surface area (Å²) in [5.41, 5.74) is 3.12. The second-order valence-corrected chi connectivity index (χ2v) is 5.44. The highest BCUT2D eigenvalue weighted by Gasteiger charge is 2.14. The first-order chi connectivity index (χ1) is 9.31. The van der Waals surface area contributed by atoms with Crippen molar-refractivity contribution in [2.24, 2.45) is 0 Å². The Morgan fingerprint density at radius 1 is 1.26 bits per heavy atom. The Hall–Kier alpha value is -1.46. The molecule has 1 aromatic heterocycles. The van der Waals surface area contributed by atoms with Crippen molar-refractivity contribution >= 4 is 11.0 Å². The van der Waals surface area contributed by atoms with Gasteiger partial charge in [0.2, 0.25) is 0 Å². The molecule has 0 radical (unpaired) electrons. The molecule has 5 heteroatoms. The highest BCUT2D eigenvalue weighted by molar-refractivity contribution is 5.74. The highest BCUT2D eigenvalue weighted by Crippen LogP contribution is 2.11. The van der Waals surface area contributed by atoms with Crippen molar-refractivity contribution in [1.29, 1.82) is 0 Å². The number of hydrogen-bond donors (Lipinski definition) is 2. The molecule has 19 heavy (non-hydrogen) atoms. The van der Waals surface area contributed by atoms with E-state index in [0.29, 0.717) is 6.04 Å². The van der Waals surface area contributed by atoms with Gasteiger partial charge in [0.05, 0.1) is 0 Å². The van der Waals surface area contributed by atoms with Gasteiger partial charge < -0.3 is 10.2 Å². The molecule has 1 unspecified atom stereocenters. The predicted molar refractivity (Wildman–Crippen MR) is 75.9 cm³/mol. The molecule has 2 heterocycles. The smallest absolute Gasteiger partial charge is 0.113 e. The van der Waals surface area contributed by atoms with E-state index in [0.717, 1.165) is 24.1 Å². The van der Waals surface area contributed by atoms with Crippen LogP contribution in [-0.2, 0) is 6.54 Å². The molecule has 0 bridgehead atoms. The second kappa shape index (κ2) is 5.67. The first-order valence-electron chi connectivity index (χ1n) is 7.06. The van der Waals surface area contributed by atoms with Crippen LogP contribution in [0, 0.1) is 0 Å². The zero-order chi connectivity index (χ0) is 13.1. The predicted octanol–water partition coefficient (Wildman–Crippen LogP) is 1.53. The van der Waals surface area contributed by atoms with E-state index in [4.69, 9.17) is 0 Å². The molecule has 1 aliphatic heterocycles. The van der Waals surface area contributed by atoms with E-state index < -0.39 is 0 Å². The molecular weight excluding hydrogens is 238 g/mol. The molecule has 102 valence electrons. The van der Waals surface area contributed by atoms with Crippen LogP contribution < -0.4 is 5.32 Å². The lowest BCUT2D eigenvalue weighted by Crippen LogP contribution is -2.37. The summed E-state index contributed by atoms with van der Waals surface area (Å²) in [6.45, 7) is 6.81. The van der Waals surface area contributed by atoms with Gasteiger partial charge in [-0.1, -0.05) is 6.07 Å². The van der Waals surface area contributed by atoms with Crippen LogP contribution in [0.15, 0.2) is 18.2 Å². The number of fused-ring (bicyclic) bond motifs is 1. The lowest BCUT2D eigenvalue weighted by molar-refractivity contribution is 0.298. The zero-order valence-corrected chi connectivity index (χ0v) is 11.4. The summed E-state index contributed by atoms with van der Waals surface area (Å²) >= 11 is 0. The molecule has 2 aromatic rings. The van der Waals surface area contributed by atoms with Gasteiger partial charge in [-0.15, -0.1) is 0 Å². The maximum Gasteiger partial charge on any atom is 0.113 e. The van der Waals surface area contributed by atoms with Gasteiger partial charge >= 0.3 is 0 Å². The van der Waals surface area contributed by atoms with Crippen LogP contribution in [0.4, 0.5) is 0 Å². The number of H-pyrrole nitrogens is 1. The molecule has 0 aliphatic carbocycles. The zero-order valence-electron chi connectivity index (χ0n) is 11.4. The molecule has 0 saturated carbocycles. The first kappa shape index (κ1) is 12.6. The Labute approximate surface area is 113 Å². The van der Waals surface area contributed by atoms with Crippen LogP contribution in [-0.4, -0.2) is 46.0 Å². The molecule has 1 fully saturated rings. The molecule has 5 nitrogen and oxygen atoms in total. The Morgan fingerprint density at radius 3 is 2.89 bits per heavy atom. The molecule has 0 spiro atoms. The summed E-state index contributed by atoms with van der Waals surface area (Å²) in [6.07, 6.45) is 2.71. The highest BCUT2D eigenvalue weighted by atomic mass is 15.3. The van der Waals surface area contributed by atoms with E-state index >= 15 is 0 Å². The Balaban J connectivity index is 1.52. The van der Waals surface area contributed by atoms with E-state index in [1.807, 2.05) is 6.07 Å². The van der Waals surface area contributed by atoms with Gasteiger partial charge in [0, 0.05) is 19.1 Å². The fourth-order valence-electron chi connectivity index (χ4n) is 2.70. The molecule has 0 amide bonds. The summed E-state index contributed by atoms with van der Waals surface area (Å²) in [7, 11) is 0. The maximum atomic E-state index is 4.12. The molecule has 1 aromatic carbocycles. The number of nitrogens with zero attached hydrogens (tertiary/aromatic N) is 3. The minimum absolute atomic E-state index is 0.520. The van der Waals surface area contributed by atoms with Gasteiger partial charge in [-0.2, -0.15) is 15.4 Å². The summed E-state index contributed by atoms with van der Waals surface area (Å²) < 4.78 is 0. The Bertz CT molecular complexity index is 529. The number of aromatic amines is 1. The average molecular weight is 259 g/mol. The van der Waals surface area contributed by atoms with Crippen molar-refractivity contribution in [3.05, 3.63) is 23.8 Å². The van der Waals surface area contributed by atoms with Gasteiger partial charge in [0.25, 0.3) is 0 Å². The maximum absolute atomic E-state index is 4.12. The topological polar surface area (TPSA) is 56.8 Å². The van der Waals surface area contributed by atoms with Crippen LogP contribution in [0.1, 0.15) is 25.3 Å². The SMILES string of the molecule is CC(CN1CCCC1)NCc1ccc2n[nH]nc2c1. The third-order valence-electron chi connectivity index (χ3n) is 3.77. The number of rotatable bonds is 5. The number of benzene rings is 1. The standard InChI is InChI=1S/C14H21N5/c1-11(10-19-6-2-3-7-19)15-9-12-4-5-13-14(8-12)17-18-16-13/h4-5,8,11,15H,2-3,6-7,9-10H2,1H3,(H,16,17,18). The van der Waals surface area contributed by atoms with Crippen molar-refractivity contribution in [2.45, 2.75) is 32.4 Å². The van der Waals surface area contributed by atoms with Crippen molar-refractivity contribution in [3.8, 4) is 0 Å². The third-order valence-corrected chi connectivity index (χ3v) is 3.77. The fourth-order valence-corrected chi connectivity index (χ4v) is 2.70. The third kappa shape index (κ3) is 3.11. The molecule has 1 aliphatic rings. The quantitative estimate of drug-likeness (QED) is 0.855. The lowest BCUT2D eigenvalue weighted by Gasteiger charge is -2.21. The lowest BCUT2D eigenvalue weighted by atomic mass is 10.2. The first-order valence-corrected chi connectivity index (χ1v) is 7.06. The number of likely N-dealkylation sites (tertiary alicyclic amines) is 1. The van der Waals surface area contributed by atoms with Crippen molar-refractivity contribution in [3.63, 3.8) is 0 Å². The van der Waals surface area contributed by atoms with Crippen molar-refractivity contribution < 1.29 is 0 Å². The van der Waals surface area contributed by atoms with Gasteiger partial charge in [-0.05, 0) is 50.6 Å². The van der Waals surface area contributed by atoms with E-state index in [2.05, 4.69) is 44.7 Å². The monoisotopic (exact) mass is 259 g/mol. The van der Waals surface area contributed by atoms with Crippen molar-refractivity contribution in [1.82, 2.24) is 25.6 Å². The van der Waals surface area contributed by atoms with E-state index in [9.17, 15) is 0 Å². The minimum atomic E-state index is 0.520. The number of aromatic nitrogens is 3. The average Bonchev–Trinajstić information content (AvgIpc) is 3.06. The van der Waals surface area contributed by atoms with E-state index in [-0.39, 0.29) is 0 Å². The van der Waals surface area contributed by atoms with Crippen LogP contribution >= 0.6 is 0 Å². The Kier molecular flexibility index (Phi) is 3.75. The largest absolute Gasteiger partial charge is 0.309 e. The molecule has 2 N–H and O–H groups in total. The normalized spacial score (nSPS) is 18.2. The number of nitrogens with one attached hydrogen (secondary N) is 2. The fraction of sp³-hybridized carbons (Fsp3) is 0.571. The van der Waals surface area contributed by atoms with Gasteiger partial charge in [0.15, 0.2) is 0 Å². The Morgan fingerprint density at radius 2 is 2.05 bits per heavy atom. The molecular formula is C14H21N5. The van der Waals surface area contributed by atoms with Crippen LogP contribution in [0.25, 0.3) is 11.0 Å². The molecule has 3 rings (SSSR count). The summed E-state index contributed by atoms with van der Waals surface area (Å²) in [5, 5.41) is 14.4. The number of hydrogen-bond acceptors (Lipinski definition) is 4. The van der Waals surface area contributed by atoms with Crippen LogP contribution in [0.3, 0.4) is 0 Å². The van der Waals surface area contributed by atoms with Crippen LogP contribution in [0.5, 0.6) is 0 Å². The summed E-state index contributed by atoms with van der Waals surface area (Å²) in [4.78, 5) is 2.54. The summed E-state index contributed by atoms with van der Waals surface area (Å²) in [6, 6.07) is 6.74. The van der Waals surface area contributed by atoms with Crippen molar-refractivity contribution in [2.75, 3.05) is 19.6 Å².